The summed E-state index contributed by atoms with van der Waals surface area (Å²) in [6.07, 6.45) is 0.841. The highest BCUT2D eigenvalue weighted by molar-refractivity contribution is 7.92. The molecule has 0 unspecified atom stereocenters. The summed E-state index contributed by atoms with van der Waals surface area (Å²) in [5, 5.41) is 11.4. The van der Waals surface area contributed by atoms with Crippen molar-refractivity contribution in [1.82, 2.24) is 0 Å². The lowest BCUT2D eigenvalue weighted by Gasteiger charge is -2.09. The standard InChI is InChI=1S/C14H18N2O5S/c1-2-6-22(20,21)16-10-5-3-4-9(7-10)15-13(17)11-8-12(11)14(18)19/h3-5,7,11-12,16H,2,6,8H2,1H3,(H,15,17)(H,18,19)/t11-,12-/m0/s1. The van der Waals surface area contributed by atoms with Gasteiger partial charge in [0.25, 0.3) is 0 Å². The lowest BCUT2D eigenvalue weighted by molar-refractivity contribution is -0.139. The van der Waals surface area contributed by atoms with Crippen molar-refractivity contribution in [2.75, 3.05) is 15.8 Å². The number of aliphatic carboxylic acids is 1. The number of nitrogens with one attached hydrogen (secondary N) is 2. The van der Waals surface area contributed by atoms with E-state index in [-0.39, 0.29) is 11.7 Å². The van der Waals surface area contributed by atoms with Crippen LogP contribution < -0.4 is 10.0 Å². The molecule has 0 saturated heterocycles. The minimum absolute atomic E-state index is 0.0198. The van der Waals surface area contributed by atoms with Crippen LogP contribution in [0.2, 0.25) is 0 Å². The number of carboxylic acids is 1. The third-order valence-corrected chi connectivity index (χ3v) is 4.81. The Morgan fingerprint density at radius 3 is 2.55 bits per heavy atom. The molecule has 2 rings (SSSR count). The van der Waals surface area contributed by atoms with Crippen LogP contribution in [0.4, 0.5) is 11.4 Å². The number of anilines is 2. The van der Waals surface area contributed by atoms with Gasteiger partial charge in [-0.15, -0.1) is 0 Å². The molecule has 1 fully saturated rings. The molecule has 0 radical (unpaired) electrons. The van der Waals surface area contributed by atoms with Crippen molar-refractivity contribution in [3.05, 3.63) is 24.3 Å². The number of carbonyl (C=O) groups excluding carboxylic acids is 1. The monoisotopic (exact) mass is 326 g/mol. The normalized spacial score (nSPS) is 20.2. The van der Waals surface area contributed by atoms with Gasteiger partial charge in [0.2, 0.25) is 15.9 Å². The second-order valence-corrected chi connectivity index (χ2v) is 7.12. The summed E-state index contributed by atoms with van der Waals surface area (Å²) < 4.78 is 25.8. The molecular formula is C14H18N2O5S. The smallest absolute Gasteiger partial charge is 0.307 e. The van der Waals surface area contributed by atoms with Crippen LogP contribution >= 0.6 is 0 Å². The molecule has 3 N–H and O–H groups in total. The highest BCUT2D eigenvalue weighted by Gasteiger charge is 2.48. The van der Waals surface area contributed by atoms with Crippen molar-refractivity contribution in [3.8, 4) is 0 Å². The van der Waals surface area contributed by atoms with E-state index in [0.717, 1.165) is 0 Å². The van der Waals surface area contributed by atoms with Gasteiger partial charge in [0.05, 0.1) is 23.3 Å². The van der Waals surface area contributed by atoms with E-state index in [4.69, 9.17) is 5.11 Å². The van der Waals surface area contributed by atoms with E-state index in [2.05, 4.69) is 10.0 Å². The zero-order valence-corrected chi connectivity index (χ0v) is 12.9. The molecule has 0 aliphatic heterocycles. The Bertz CT molecular complexity index is 686. The molecule has 1 aromatic rings. The average molecular weight is 326 g/mol. The van der Waals surface area contributed by atoms with Gasteiger partial charge in [0, 0.05) is 5.69 Å². The maximum absolute atomic E-state index is 11.9. The van der Waals surface area contributed by atoms with E-state index in [1.165, 1.54) is 6.07 Å². The molecule has 0 bridgehead atoms. The van der Waals surface area contributed by atoms with Crippen LogP contribution in [0.15, 0.2) is 24.3 Å². The fourth-order valence-electron chi connectivity index (χ4n) is 2.15. The summed E-state index contributed by atoms with van der Waals surface area (Å²) in [6.45, 7) is 1.77. The summed E-state index contributed by atoms with van der Waals surface area (Å²) >= 11 is 0. The third-order valence-electron chi connectivity index (χ3n) is 3.32. The first-order valence-corrected chi connectivity index (χ1v) is 8.62. The van der Waals surface area contributed by atoms with E-state index in [1.807, 2.05) is 0 Å². The van der Waals surface area contributed by atoms with Gasteiger partial charge in [-0.05, 0) is 31.0 Å². The van der Waals surface area contributed by atoms with Crippen LogP contribution in [0.3, 0.4) is 0 Å². The van der Waals surface area contributed by atoms with Crippen LogP contribution in [0.5, 0.6) is 0 Å². The Morgan fingerprint density at radius 2 is 1.95 bits per heavy atom. The molecule has 120 valence electrons. The number of carbonyl (C=O) groups is 2. The third kappa shape index (κ3) is 4.20. The van der Waals surface area contributed by atoms with E-state index in [1.54, 1.807) is 25.1 Å². The zero-order valence-electron chi connectivity index (χ0n) is 12.1. The highest BCUT2D eigenvalue weighted by Crippen LogP contribution is 2.39. The lowest BCUT2D eigenvalue weighted by Crippen LogP contribution is -2.18. The largest absolute Gasteiger partial charge is 0.481 e. The number of carboxylic acid groups (broad SMARTS) is 1. The fourth-order valence-corrected chi connectivity index (χ4v) is 3.28. The van der Waals surface area contributed by atoms with E-state index in [9.17, 15) is 18.0 Å². The summed E-state index contributed by atoms with van der Waals surface area (Å²) in [6, 6.07) is 6.32. The summed E-state index contributed by atoms with van der Waals surface area (Å²) in [5.74, 6) is -2.45. The molecule has 1 aromatic carbocycles. The Balaban J connectivity index is 2.00. The molecule has 0 spiro atoms. The SMILES string of the molecule is CCCS(=O)(=O)Nc1cccc(NC(=O)[C@H]2C[C@@H]2C(=O)O)c1. The number of benzene rings is 1. The summed E-state index contributed by atoms with van der Waals surface area (Å²) in [7, 11) is -3.39. The van der Waals surface area contributed by atoms with Gasteiger partial charge < -0.3 is 10.4 Å². The van der Waals surface area contributed by atoms with Crippen LogP contribution in [0.25, 0.3) is 0 Å². The predicted octanol–water partition coefficient (Wildman–Crippen LogP) is 1.50. The quantitative estimate of drug-likeness (QED) is 0.703. The minimum atomic E-state index is -3.39. The molecule has 8 heteroatoms. The average Bonchev–Trinajstić information content (AvgIpc) is 3.18. The van der Waals surface area contributed by atoms with Gasteiger partial charge >= 0.3 is 5.97 Å². The molecular weight excluding hydrogens is 308 g/mol. The Morgan fingerprint density at radius 1 is 1.27 bits per heavy atom. The van der Waals surface area contributed by atoms with Gasteiger partial charge in [-0.1, -0.05) is 13.0 Å². The first-order chi connectivity index (χ1) is 10.3. The van der Waals surface area contributed by atoms with Gasteiger partial charge in [-0.25, -0.2) is 8.42 Å². The molecule has 1 aliphatic carbocycles. The highest BCUT2D eigenvalue weighted by atomic mass is 32.2. The van der Waals surface area contributed by atoms with Crippen molar-refractivity contribution in [3.63, 3.8) is 0 Å². The number of hydrogen-bond acceptors (Lipinski definition) is 4. The second-order valence-electron chi connectivity index (χ2n) is 5.28. The lowest BCUT2D eigenvalue weighted by atomic mass is 10.2. The maximum Gasteiger partial charge on any atom is 0.307 e. The summed E-state index contributed by atoms with van der Waals surface area (Å²) in [5.41, 5.74) is 0.787. The molecule has 1 amide bonds. The van der Waals surface area contributed by atoms with E-state index < -0.39 is 27.8 Å². The van der Waals surface area contributed by atoms with Crippen LogP contribution in [0, 0.1) is 11.8 Å². The number of hydrogen-bond donors (Lipinski definition) is 3. The van der Waals surface area contributed by atoms with Crippen LogP contribution in [-0.2, 0) is 19.6 Å². The fraction of sp³-hybridized carbons (Fsp3) is 0.429. The van der Waals surface area contributed by atoms with Crippen molar-refractivity contribution in [2.24, 2.45) is 11.8 Å². The van der Waals surface area contributed by atoms with Gasteiger partial charge in [0.1, 0.15) is 0 Å². The maximum atomic E-state index is 11.9. The van der Waals surface area contributed by atoms with Gasteiger partial charge in [0.15, 0.2) is 0 Å². The Kier molecular flexibility index (Phi) is 4.70. The predicted molar refractivity (Wildman–Crippen MR) is 82.0 cm³/mol. The molecule has 2 atom stereocenters. The minimum Gasteiger partial charge on any atom is -0.481 e. The molecule has 0 aromatic heterocycles. The van der Waals surface area contributed by atoms with Crippen LogP contribution in [-0.4, -0.2) is 31.2 Å². The number of amides is 1. The molecule has 1 saturated carbocycles. The second kappa shape index (κ2) is 6.35. The zero-order chi connectivity index (χ0) is 16.3. The molecule has 22 heavy (non-hydrogen) atoms. The Labute approximate surface area is 128 Å². The number of sulfonamides is 1. The van der Waals surface area contributed by atoms with Gasteiger partial charge in [-0.2, -0.15) is 0 Å². The molecule has 1 aliphatic rings. The molecule has 0 heterocycles. The number of rotatable bonds is 7. The van der Waals surface area contributed by atoms with E-state index >= 15 is 0 Å². The first-order valence-electron chi connectivity index (χ1n) is 6.96. The molecule has 7 nitrogen and oxygen atoms in total. The van der Waals surface area contributed by atoms with Crippen molar-refractivity contribution in [1.29, 1.82) is 0 Å². The van der Waals surface area contributed by atoms with Crippen molar-refractivity contribution >= 4 is 33.3 Å². The van der Waals surface area contributed by atoms with E-state index in [0.29, 0.717) is 24.2 Å². The van der Waals surface area contributed by atoms with Gasteiger partial charge in [-0.3, -0.25) is 14.3 Å². The summed E-state index contributed by atoms with van der Waals surface area (Å²) in [4.78, 5) is 22.6. The van der Waals surface area contributed by atoms with Crippen molar-refractivity contribution in [2.45, 2.75) is 19.8 Å². The topological polar surface area (TPSA) is 113 Å². The van der Waals surface area contributed by atoms with Crippen molar-refractivity contribution < 1.29 is 23.1 Å². The Hall–Kier alpha value is -2.09. The first kappa shape index (κ1) is 16.3. The van der Waals surface area contributed by atoms with Crippen LogP contribution in [0.1, 0.15) is 19.8 Å².